The maximum Gasteiger partial charge on any atom is 0.224 e. The first-order valence-electron chi connectivity index (χ1n) is 25.6. The van der Waals surface area contributed by atoms with E-state index in [2.05, 4.69) is 49.0 Å². The lowest BCUT2D eigenvalue weighted by Crippen LogP contribution is -2.11. The van der Waals surface area contributed by atoms with Crippen molar-refractivity contribution in [2.45, 2.75) is 182 Å². The second-order valence-electron chi connectivity index (χ2n) is 17.9. The molecule has 8 heteroatoms. The van der Waals surface area contributed by atoms with Crippen LogP contribution < -0.4 is 21.3 Å². The van der Waals surface area contributed by atoms with E-state index in [9.17, 15) is 19.2 Å². The molecule has 0 aliphatic carbocycles. The van der Waals surface area contributed by atoms with Crippen molar-refractivity contribution in [2.75, 3.05) is 21.3 Å². The van der Waals surface area contributed by atoms with Gasteiger partial charge in [-0.05, 0) is 108 Å². The Labute approximate surface area is 397 Å². The van der Waals surface area contributed by atoms with Gasteiger partial charge in [-0.25, -0.2) is 0 Å². The molecule has 0 heterocycles. The van der Waals surface area contributed by atoms with Gasteiger partial charge in [0.25, 0.3) is 0 Å². The Hall–Kier alpha value is -5.50. The lowest BCUT2D eigenvalue weighted by Gasteiger charge is -2.20. The maximum absolute atomic E-state index is 12.9. The molecule has 66 heavy (non-hydrogen) atoms. The number of hydrogen-bond acceptors (Lipinski definition) is 4. The van der Waals surface area contributed by atoms with Crippen LogP contribution in [0.1, 0.15) is 204 Å². The minimum absolute atomic E-state index is 0.0154. The molecule has 4 aromatic rings. The fourth-order valence-electron chi connectivity index (χ4n) is 8.24. The number of carbonyl (C=O) groups is 4. The predicted molar refractivity (Wildman–Crippen MR) is 279 cm³/mol. The lowest BCUT2D eigenvalue weighted by molar-refractivity contribution is -0.117. The molecular formula is C58H80N4O4. The lowest BCUT2D eigenvalue weighted by atomic mass is 9.85. The van der Waals surface area contributed by atoms with Crippen LogP contribution in [0.3, 0.4) is 0 Å². The number of nitrogens with one attached hydrogen (secondary N) is 4. The van der Waals surface area contributed by atoms with Crippen LogP contribution in [0.5, 0.6) is 0 Å². The van der Waals surface area contributed by atoms with Gasteiger partial charge in [0.15, 0.2) is 0 Å². The molecule has 0 spiro atoms. The average molecular weight is 897 g/mol. The number of unbranched alkanes of at least 4 members (excludes halogenated alkanes) is 16. The van der Waals surface area contributed by atoms with Crippen molar-refractivity contribution in [1.82, 2.24) is 0 Å². The van der Waals surface area contributed by atoms with Gasteiger partial charge in [0.05, 0.1) is 0 Å². The highest BCUT2D eigenvalue weighted by Gasteiger charge is 2.18. The molecule has 0 fully saturated rings. The molecule has 356 valence electrons. The molecule has 4 amide bonds. The summed E-state index contributed by atoms with van der Waals surface area (Å²) in [4.78, 5) is 51.7. The first kappa shape index (κ1) is 53.1. The zero-order chi connectivity index (χ0) is 47.2. The van der Waals surface area contributed by atoms with Crippen molar-refractivity contribution in [2.24, 2.45) is 0 Å². The standard InChI is InChI=1S/C58H80N4O4/c1-5-9-13-17-21-25-53(63)59-49-37-29-45(30-38-49)57(46-31-39-50(40-32-46)60-54(64)26-22-18-14-10-6-2)58(47-33-41-51(42-34-47)61-55(65)27-23-19-15-11-7-3)48-35-43-52(44-36-48)62-56(66)28-24-20-16-12-8-4/h29-44H,5-28H2,1-4H3,(H,59,63)(H,60,64)(H,61,65)(H,62,66). The van der Waals surface area contributed by atoms with Gasteiger partial charge in [-0.3, -0.25) is 19.2 Å². The van der Waals surface area contributed by atoms with Crippen LogP contribution in [-0.2, 0) is 19.2 Å². The Kier molecular flexibility index (Phi) is 25.3. The fraction of sp³-hybridized carbons (Fsp3) is 0.483. The molecular weight excluding hydrogens is 817 g/mol. The normalized spacial score (nSPS) is 10.9. The molecule has 0 radical (unpaired) electrons. The maximum atomic E-state index is 12.9. The first-order chi connectivity index (χ1) is 32.2. The highest BCUT2D eigenvalue weighted by Crippen LogP contribution is 2.38. The predicted octanol–water partition coefficient (Wildman–Crippen LogP) is 15.9. The molecule has 0 bridgehead atoms. The molecule has 0 aliphatic heterocycles. The van der Waals surface area contributed by atoms with Gasteiger partial charge in [0, 0.05) is 48.4 Å². The molecule has 4 aromatic carbocycles. The third-order valence-electron chi connectivity index (χ3n) is 12.1. The summed E-state index contributed by atoms with van der Waals surface area (Å²) < 4.78 is 0. The molecule has 0 saturated heterocycles. The van der Waals surface area contributed by atoms with Crippen LogP contribution >= 0.6 is 0 Å². The zero-order valence-corrected chi connectivity index (χ0v) is 40.8. The quantitative estimate of drug-likeness (QED) is 0.0288. The third-order valence-corrected chi connectivity index (χ3v) is 12.1. The van der Waals surface area contributed by atoms with Crippen molar-refractivity contribution in [1.29, 1.82) is 0 Å². The Morgan fingerprint density at radius 1 is 0.273 bits per heavy atom. The van der Waals surface area contributed by atoms with Crippen LogP contribution in [0, 0.1) is 0 Å². The Balaban J connectivity index is 1.73. The monoisotopic (exact) mass is 897 g/mol. The topological polar surface area (TPSA) is 116 Å². The van der Waals surface area contributed by atoms with Crippen LogP contribution in [-0.4, -0.2) is 23.6 Å². The van der Waals surface area contributed by atoms with Gasteiger partial charge < -0.3 is 21.3 Å². The number of anilines is 4. The van der Waals surface area contributed by atoms with E-state index in [1.807, 2.05) is 97.1 Å². The SMILES string of the molecule is CCCCCCCC(=O)Nc1ccc(C(=C(c2ccc(NC(=O)CCCCCCC)cc2)c2ccc(NC(=O)CCCCCCC)cc2)c2ccc(NC(=O)CCCCCCC)cc2)cc1. The minimum Gasteiger partial charge on any atom is -0.326 e. The molecule has 4 N–H and O–H groups in total. The Bertz CT molecular complexity index is 1760. The number of hydrogen-bond donors (Lipinski definition) is 4. The number of rotatable bonds is 32. The van der Waals surface area contributed by atoms with E-state index in [1.165, 1.54) is 51.4 Å². The summed E-state index contributed by atoms with van der Waals surface area (Å²) in [5.41, 5.74) is 8.60. The average Bonchev–Trinajstić information content (AvgIpc) is 3.32. The summed E-state index contributed by atoms with van der Waals surface area (Å²) in [5, 5.41) is 12.4. The highest BCUT2D eigenvalue weighted by molar-refractivity contribution is 6.05. The van der Waals surface area contributed by atoms with E-state index in [0.717, 1.165) is 133 Å². The summed E-state index contributed by atoms with van der Waals surface area (Å²) in [7, 11) is 0. The largest absolute Gasteiger partial charge is 0.326 e. The van der Waals surface area contributed by atoms with Gasteiger partial charge in [0.2, 0.25) is 23.6 Å². The van der Waals surface area contributed by atoms with Crippen molar-refractivity contribution >= 4 is 57.5 Å². The molecule has 0 aromatic heterocycles. The number of amides is 4. The molecule has 0 atom stereocenters. The summed E-state index contributed by atoms with van der Waals surface area (Å²) in [6.45, 7) is 8.76. The van der Waals surface area contributed by atoms with Crippen LogP contribution in [0.15, 0.2) is 97.1 Å². The summed E-state index contributed by atoms with van der Waals surface area (Å²) in [6, 6.07) is 32.0. The van der Waals surface area contributed by atoms with E-state index in [-0.39, 0.29) is 23.6 Å². The van der Waals surface area contributed by atoms with Crippen molar-refractivity contribution in [3.8, 4) is 0 Å². The Morgan fingerprint density at radius 2 is 0.455 bits per heavy atom. The number of benzene rings is 4. The molecule has 4 rings (SSSR count). The molecule has 0 aliphatic rings. The van der Waals surface area contributed by atoms with Gasteiger partial charge in [0.1, 0.15) is 0 Å². The van der Waals surface area contributed by atoms with E-state index in [4.69, 9.17) is 0 Å². The highest BCUT2D eigenvalue weighted by atomic mass is 16.2. The van der Waals surface area contributed by atoms with Gasteiger partial charge >= 0.3 is 0 Å². The second kappa shape index (κ2) is 31.4. The molecule has 8 nitrogen and oxygen atoms in total. The van der Waals surface area contributed by atoms with Crippen LogP contribution in [0.25, 0.3) is 11.1 Å². The van der Waals surface area contributed by atoms with Crippen molar-refractivity contribution in [3.63, 3.8) is 0 Å². The van der Waals surface area contributed by atoms with Gasteiger partial charge in [-0.2, -0.15) is 0 Å². The van der Waals surface area contributed by atoms with E-state index in [1.54, 1.807) is 0 Å². The van der Waals surface area contributed by atoms with E-state index < -0.39 is 0 Å². The minimum atomic E-state index is 0.0154. The fourth-order valence-corrected chi connectivity index (χ4v) is 8.24. The van der Waals surface area contributed by atoms with Crippen LogP contribution in [0.2, 0.25) is 0 Å². The van der Waals surface area contributed by atoms with Crippen molar-refractivity contribution < 1.29 is 19.2 Å². The van der Waals surface area contributed by atoms with Gasteiger partial charge in [-0.1, -0.05) is 179 Å². The molecule has 0 unspecified atom stereocenters. The smallest absolute Gasteiger partial charge is 0.224 e. The summed E-state index contributed by atoms with van der Waals surface area (Å²) >= 11 is 0. The van der Waals surface area contributed by atoms with Crippen LogP contribution in [0.4, 0.5) is 22.7 Å². The second-order valence-corrected chi connectivity index (χ2v) is 17.9. The Morgan fingerprint density at radius 3 is 0.636 bits per heavy atom. The van der Waals surface area contributed by atoms with Crippen molar-refractivity contribution in [3.05, 3.63) is 119 Å². The molecule has 0 saturated carbocycles. The van der Waals surface area contributed by atoms with E-state index >= 15 is 0 Å². The summed E-state index contributed by atoms with van der Waals surface area (Å²) in [6.07, 6.45) is 23.7. The zero-order valence-electron chi connectivity index (χ0n) is 40.8. The third kappa shape index (κ3) is 19.9. The first-order valence-corrected chi connectivity index (χ1v) is 25.6. The number of carbonyl (C=O) groups excluding carboxylic acids is 4. The van der Waals surface area contributed by atoms with Gasteiger partial charge in [-0.15, -0.1) is 0 Å². The summed E-state index contributed by atoms with van der Waals surface area (Å²) in [5.74, 6) is 0.0617. The van der Waals surface area contributed by atoms with E-state index in [0.29, 0.717) is 25.7 Å².